The van der Waals surface area contributed by atoms with Gasteiger partial charge in [0.15, 0.2) is 11.6 Å². The smallest absolute Gasteiger partial charge is 0.167 e. The highest BCUT2D eigenvalue weighted by Crippen LogP contribution is 2.34. The Balaban J connectivity index is 2.55. The van der Waals surface area contributed by atoms with Gasteiger partial charge < -0.3 is 4.74 Å². The second-order valence-electron chi connectivity index (χ2n) is 2.58. The maximum Gasteiger partial charge on any atom is 0.167 e. The van der Waals surface area contributed by atoms with E-state index in [1.165, 1.54) is 0 Å². The first-order chi connectivity index (χ1) is 5.70. The van der Waals surface area contributed by atoms with Crippen LogP contribution in [0.5, 0.6) is 0 Å². The average molecular weight is 174 g/mol. The molecule has 0 N–H and O–H groups in total. The molecule has 1 atom stereocenters. The maximum absolute atomic E-state index is 12.9. The Morgan fingerprint density at radius 2 is 1.75 bits per heavy atom. The summed E-state index contributed by atoms with van der Waals surface area (Å²) in [5.74, 6) is -2.93. The van der Waals surface area contributed by atoms with Gasteiger partial charge in [0.1, 0.15) is 11.9 Å². The number of halogens is 3. The Labute approximate surface area is 66.8 Å². The molecule has 0 spiro atoms. The lowest BCUT2D eigenvalue weighted by Crippen LogP contribution is -1.97. The second-order valence-corrected chi connectivity index (χ2v) is 2.58. The van der Waals surface area contributed by atoms with Gasteiger partial charge in [0, 0.05) is 0 Å². The topological polar surface area (TPSA) is 12.5 Å². The van der Waals surface area contributed by atoms with Crippen LogP contribution in [0.4, 0.5) is 13.2 Å². The van der Waals surface area contributed by atoms with E-state index in [2.05, 4.69) is 4.74 Å². The van der Waals surface area contributed by atoms with Gasteiger partial charge in [0.05, 0.1) is 12.2 Å². The quantitative estimate of drug-likeness (QED) is 0.469. The van der Waals surface area contributed by atoms with Crippen molar-refractivity contribution in [3.05, 3.63) is 35.1 Å². The van der Waals surface area contributed by atoms with Crippen LogP contribution in [0.25, 0.3) is 0 Å². The van der Waals surface area contributed by atoms with Gasteiger partial charge in [-0.05, 0) is 12.1 Å². The molecule has 1 aromatic rings. The molecule has 12 heavy (non-hydrogen) atoms. The number of ether oxygens (including phenoxy) is 1. The zero-order chi connectivity index (χ0) is 8.72. The van der Waals surface area contributed by atoms with Crippen LogP contribution in [0, 0.1) is 17.5 Å². The summed E-state index contributed by atoms with van der Waals surface area (Å²) >= 11 is 0. The molecule has 1 nitrogen and oxygen atoms in total. The third-order valence-electron chi connectivity index (χ3n) is 1.73. The molecule has 0 aromatic heterocycles. The fourth-order valence-corrected chi connectivity index (χ4v) is 1.05. The predicted octanol–water partition coefficient (Wildman–Crippen LogP) is 2.18. The van der Waals surface area contributed by atoms with Crippen LogP contribution in [0.1, 0.15) is 11.7 Å². The van der Waals surface area contributed by atoms with E-state index in [1.807, 2.05) is 0 Å². The van der Waals surface area contributed by atoms with E-state index in [0.717, 1.165) is 12.1 Å². The normalized spacial score (nSPS) is 21.1. The van der Waals surface area contributed by atoms with E-state index in [9.17, 15) is 13.2 Å². The molecule has 1 aliphatic rings. The molecule has 64 valence electrons. The summed E-state index contributed by atoms with van der Waals surface area (Å²) in [7, 11) is 0. The first-order valence-electron chi connectivity index (χ1n) is 3.45. The van der Waals surface area contributed by atoms with E-state index in [-0.39, 0.29) is 12.2 Å². The summed E-state index contributed by atoms with van der Waals surface area (Å²) in [5.41, 5.74) is -0.296. The third kappa shape index (κ3) is 1.08. The number of rotatable bonds is 1. The van der Waals surface area contributed by atoms with E-state index in [4.69, 9.17) is 0 Å². The Morgan fingerprint density at radius 3 is 2.33 bits per heavy atom. The molecule has 0 saturated carbocycles. The second kappa shape index (κ2) is 2.48. The molecule has 1 saturated heterocycles. The van der Waals surface area contributed by atoms with Crippen LogP contribution >= 0.6 is 0 Å². The zero-order valence-corrected chi connectivity index (χ0v) is 5.98. The largest absolute Gasteiger partial charge is 0.368 e. The van der Waals surface area contributed by atoms with E-state index < -0.39 is 23.6 Å². The van der Waals surface area contributed by atoms with Crippen LogP contribution in [0.15, 0.2) is 12.1 Å². The fourth-order valence-electron chi connectivity index (χ4n) is 1.05. The van der Waals surface area contributed by atoms with Crippen molar-refractivity contribution in [2.45, 2.75) is 6.10 Å². The van der Waals surface area contributed by atoms with Crippen molar-refractivity contribution in [3.8, 4) is 0 Å². The molecule has 0 aliphatic carbocycles. The summed E-state index contributed by atoms with van der Waals surface area (Å²) < 4.78 is 42.9. The highest BCUT2D eigenvalue weighted by molar-refractivity contribution is 5.25. The predicted molar refractivity (Wildman–Crippen MR) is 35.0 cm³/mol. The standard InChI is InChI=1S/C8H5F3O/c9-4-1-2-5(10)8(11)7(4)6-3-12-6/h1-2,6H,3H2. The van der Waals surface area contributed by atoms with Crippen molar-refractivity contribution in [3.63, 3.8) is 0 Å². The van der Waals surface area contributed by atoms with E-state index in [1.54, 1.807) is 0 Å². The maximum atomic E-state index is 12.9. The molecule has 1 unspecified atom stereocenters. The number of hydrogen-bond acceptors (Lipinski definition) is 1. The van der Waals surface area contributed by atoms with Gasteiger partial charge in [0.2, 0.25) is 0 Å². The Morgan fingerprint density at radius 1 is 1.17 bits per heavy atom. The van der Waals surface area contributed by atoms with Gasteiger partial charge in [-0.25, -0.2) is 13.2 Å². The SMILES string of the molecule is Fc1ccc(F)c(C2CO2)c1F. The highest BCUT2D eigenvalue weighted by atomic mass is 19.2. The van der Waals surface area contributed by atoms with Crippen molar-refractivity contribution in [2.24, 2.45) is 0 Å². The molecule has 2 rings (SSSR count). The monoisotopic (exact) mass is 174 g/mol. The summed E-state index contributed by atoms with van der Waals surface area (Å²) in [5, 5.41) is 0. The van der Waals surface area contributed by atoms with Gasteiger partial charge in [-0.1, -0.05) is 0 Å². The molecular weight excluding hydrogens is 169 g/mol. The molecule has 1 aliphatic heterocycles. The van der Waals surface area contributed by atoms with Gasteiger partial charge in [-0.15, -0.1) is 0 Å². The first kappa shape index (κ1) is 7.61. The van der Waals surface area contributed by atoms with Crippen LogP contribution in [0.2, 0.25) is 0 Å². The molecule has 1 aromatic carbocycles. The van der Waals surface area contributed by atoms with Crippen molar-refractivity contribution < 1.29 is 17.9 Å². The molecular formula is C8H5F3O. The van der Waals surface area contributed by atoms with Gasteiger partial charge in [0.25, 0.3) is 0 Å². The van der Waals surface area contributed by atoms with Crippen molar-refractivity contribution in [1.29, 1.82) is 0 Å². The molecule has 1 fully saturated rings. The molecule has 0 amide bonds. The van der Waals surface area contributed by atoms with Gasteiger partial charge >= 0.3 is 0 Å². The molecule has 4 heteroatoms. The number of benzene rings is 1. The van der Waals surface area contributed by atoms with Crippen molar-refractivity contribution >= 4 is 0 Å². The summed E-state index contributed by atoms with van der Waals surface area (Å²) in [6.45, 7) is 0.261. The van der Waals surface area contributed by atoms with Crippen molar-refractivity contribution in [1.82, 2.24) is 0 Å². The van der Waals surface area contributed by atoms with E-state index >= 15 is 0 Å². The minimum Gasteiger partial charge on any atom is -0.368 e. The summed E-state index contributed by atoms with van der Waals surface area (Å²) in [4.78, 5) is 0. The minimum absolute atomic E-state index is 0.261. The Hall–Kier alpha value is -1.03. The first-order valence-corrected chi connectivity index (χ1v) is 3.45. The van der Waals surface area contributed by atoms with Gasteiger partial charge in [-0.2, -0.15) is 0 Å². The van der Waals surface area contributed by atoms with Crippen LogP contribution < -0.4 is 0 Å². The Kier molecular flexibility index (Phi) is 1.58. The van der Waals surface area contributed by atoms with E-state index in [0.29, 0.717) is 0 Å². The van der Waals surface area contributed by atoms with Crippen molar-refractivity contribution in [2.75, 3.05) is 6.61 Å². The lowest BCUT2D eigenvalue weighted by Gasteiger charge is -2.00. The lowest BCUT2D eigenvalue weighted by molar-refractivity contribution is 0.389. The van der Waals surface area contributed by atoms with Crippen LogP contribution in [-0.4, -0.2) is 6.61 Å². The fraction of sp³-hybridized carbons (Fsp3) is 0.250. The molecule has 0 bridgehead atoms. The minimum atomic E-state index is -1.14. The number of epoxide rings is 1. The zero-order valence-electron chi connectivity index (χ0n) is 5.98. The van der Waals surface area contributed by atoms with Crippen LogP contribution in [-0.2, 0) is 4.74 Å². The molecule has 0 radical (unpaired) electrons. The lowest BCUT2D eigenvalue weighted by atomic mass is 10.1. The van der Waals surface area contributed by atoms with Crippen LogP contribution in [0.3, 0.4) is 0 Å². The Bertz CT molecular complexity index is 320. The summed E-state index contributed by atoms with van der Waals surface area (Å²) in [6, 6.07) is 1.66. The highest BCUT2D eigenvalue weighted by Gasteiger charge is 2.32. The third-order valence-corrected chi connectivity index (χ3v) is 1.73. The average Bonchev–Trinajstić information content (AvgIpc) is 2.81. The summed E-state index contributed by atoms with van der Waals surface area (Å²) in [6.07, 6.45) is -0.597. The van der Waals surface area contributed by atoms with Gasteiger partial charge in [-0.3, -0.25) is 0 Å². The number of hydrogen-bond donors (Lipinski definition) is 0. The molecule has 1 heterocycles.